The van der Waals surface area contributed by atoms with Crippen molar-refractivity contribution in [3.8, 4) is 80.1 Å². The van der Waals surface area contributed by atoms with Crippen molar-refractivity contribution in [1.29, 1.82) is 0 Å². The minimum absolute atomic E-state index is 0.0496. The lowest BCUT2D eigenvalue weighted by Crippen LogP contribution is -2.56. The Morgan fingerprint density at radius 2 is 1.17 bits per heavy atom. The fourth-order valence-electron chi connectivity index (χ4n) is 11.5. The van der Waals surface area contributed by atoms with Crippen LogP contribution in [0.1, 0.15) is 95.5 Å². The van der Waals surface area contributed by atoms with Crippen LogP contribution in [0.15, 0.2) is 115 Å². The van der Waals surface area contributed by atoms with Gasteiger partial charge in [0.15, 0.2) is 23.0 Å². The molecule has 17 bridgehead atoms. The lowest BCUT2D eigenvalue weighted by molar-refractivity contribution is -0.137. The molecule has 29 heteroatoms. The number of aliphatic hydroxyl groups is 2. The second kappa shape index (κ2) is 27.4. The van der Waals surface area contributed by atoms with Gasteiger partial charge in [-0.3, -0.25) is 38.9 Å². The van der Waals surface area contributed by atoms with Crippen molar-refractivity contribution in [2.45, 2.75) is 87.2 Å². The van der Waals surface area contributed by atoms with Gasteiger partial charge in [0.05, 0.1) is 16.1 Å². The van der Waals surface area contributed by atoms with Gasteiger partial charge in [0.2, 0.25) is 47.1 Å². The van der Waals surface area contributed by atoms with E-state index in [0.29, 0.717) is 18.5 Å². The van der Waals surface area contributed by atoms with Crippen LogP contribution in [-0.2, 0) is 40.0 Å². The molecular formula is C67H65Cl2N9O18. The highest BCUT2D eigenvalue weighted by Gasteiger charge is 2.42. The highest BCUT2D eigenvalue weighted by molar-refractivity contribution is 6.32. The summed E-state index contributed by atoms with van der Waals surface area (Å²) in [7, 11) is 3.63. The molecule has 6 heterocycles. The molecule has 2 unspecified atom stereocenters. The number of benzene rings is 7. The summed E-state index contributed by atoms with van der Waals surface area (Å²) in [6, 6.07) is 8.80. The summed E-state index contributed by atoms with van der Waals surface area (Å²) in [5, 5.41) is 113. The number of hydrogen-bond donors (Lipinski definition) is 16. The summed E-state index contributed by atoms with van der Waals surface area (Å²) in [4.78, 5) is 109. The van der Waals surface area contributed by atoms with Crippen molar-refractivity contribution in [2.24, 2.45) is 0 Å². The Bertz CT molecular complexity index is 4310. The Balaban J connectivity index is 1.12. The Kier molecular flexibility index (Phi) is 19.1. The maximum Gasteiger partial charge on any atom is 0.248 e. The van der Waals surface area contributed by atoms with E-state index >= 15 is 24.0 Å². The van der Waals surface area contributed by atoms with Crippen LogP contribution in [0.2, 0.25) is 10.0 Å². The molecule has 96 heavy (non-hydrogen) atoms. The molecule has 0 aromatic heterocycles. The summed E-state index contributed by atoms with van der Waals surface area (Å²) in [6.45, 7) is 3.65. The smallest absolute Gasteiger partial charge is 0.248 e. The molecular weight excluding hydrogens is 1290 g/mol. The fraction of sp³-hybridized carbons (Fsp3) is 0.269. The molecule has 6 aliphatic rings. The predicted octanol–water partition coefficient (Wildman–Crippen LogP) is 5.37. The summed E-state index contributed by atoms with van der Waals surface area (Å²) < 4.78 is 18.7. The van der Waals surface area contributed by atoms with Gasteiger partial charge in [-0.05, 0) is 159 Å². The molecule has 6 aliphatic heterocycles. The van der Waals surface area contributed by atoms with Gasteiger partial charge in [-0.1, -0.05) is 47.5 Å². The van der Waals surface area contributed by atoms with Crippen molar-refractivity contribution in [2.75, 3.05) is 27.2 Å². The first-order valence-electron chi connectivity index (χ1n) is 30.1. The number of hydrogen-bond acceptors (Lipinski definition) is 20. The minimum Gasteiger partial charge on any atom is -0.508 e. The number of fused-ring (bicyclic) bond motifs is 14. The monoisotopic (exact) mass is 1350 g/mol. The van der Waals surface area contributed by atoms with Gasteiger partial charge in [0.25, 0.3) is 0 Å². The van der Waals surface area contributed by atoms with Gasteiger partial charge >= 0.3 is 0 Å². The maximum absolute atomic E-state index is 15.9. The second-order valence-electron chi connectivity index (χ2n) is 23.9. The third-order valence-electron chi connectivity index (χ3n) is 16.6. The number of carbonyl (C=O) groups excluding carboxylic acids is 7. The molecule has 10 atom stereocenters. The number of ether oxygens (including phenoxy) is 3. The zero-order valence-electron chi connectivity index (χ0n) is 51.4. The van der Waals surface area contributed by atoms with Crippen molar-refractivity contribution in [3.63, 3.8) is 0 Å². The molecule has 0 fully saturated rings. The SMILES string of the molecule is CC(O)C(C)N[C@H]1C(=O)N[C@@H]2Cc3ccc(c(Cl)c3)Oc3cc4cc(c3O)Oc3ccc(cc3Cl)[C@@H](O)[C@@H]3NC(=O)[C@H](NC(=O)[C@@H]4NC(=O)[C@@H](NC2=O)c2cc(O)cc(c2)Oc2cc1ccc2O)c1ccc(O)c(c1)-c1c(O)cc(O)cc1[C@@H](C(=O)NCCCN(C)C)NC3=O. The molecule has 0 aliphatic carbocycles. The van der Waals surface area contributed by atoms with Gasteiger partial charge < -0.3 is 97.2 Å². The van der Waals surface area contributed by atoms with Gasteiger partial charge in [0.1, 0.15) is 88.6 Å². The van der Waals surface area contributed by atoms with Crippen LogP contribution in [0.3, 0.4) is 0 Å². The number of rotatable bonds is 8. The molecule has 16 N–H and O–H groups in total. The first-order chi connectivity index (χ1) is 45.7. The zero-order chi connectivity index (χ0) is 68.7. The number of nitrogens with zero attached hydrogens (tertiary/aromatic N) is 1. The molecule has 7 aromatic carbocycles. The molecule has 7 aromatic rings. The van der Waals surface area contributed by atoms with Crippen LogP contribution >= 0.6 is 23.2 Å². The van der Waals surface area contributed by atoms with Crippen molar-refractivity contribution < 1.29 is 88.6 Å². The van der Waals surface area contributed by atoms with Crippen LogP contribution in [-0.4, -0.2) is 139 Å². The number of aliphatic hydroxyl groups excluding tert-OH is 2. The van der Waals surface area contributed by atoms with Gasteiger partial charge in [-0.2, -0.15) is 0 Å². The lowest BCUT2D eigenvalue weighted by Gasteiger charge is -2.31. The predicted molar refractivity (Wildman–Crippen MR) is 344 cm³/mol. The number of amides is 7. The number of nitrogens with one attached hydrogen (secondary N) is 8. The Morgan fingerprint density at radius 3 is 1.83 bits per heavy atom. The van der Waals surface area contributed by atoms with Crippen LogP contribution in [0.5, 0.6) is 69.0 Å². The largest absolute Gasteiger partial charge is 0.508 e. The third-order valence-corrected chi connectivity index (χ3v) is 17.2. The van der Waals surface area contributed by atoms with Crippen molar-refractivity contribution >= 4 is 64.6 Å². The summed E-state index contributed by atoms with van der Waals surface area (Å²) in [5.41, 5.74) is -1.40. The van der Waals surface area contributed by atoms with E-state index in [1.807, 2.05) is 19.0 Å². The van der Waals surface area contributed by atoms with E-state index in [0.717, 1.165) is 48.5 Å². The molecule has 0 saturated heterocycles. The standard InChI is InChI=1S/C67H65Cl2N9O18/c1-28(29(2)79)71-53-32-8-11-45(83)49(22-32)94-38-19-34(18-36(80)25-38)55-65(91)75-56-35-23-50(95-47-12-6-30(16-41(47)68)17-43(61(87)73-55)72-63(53)89)60(86)51(24-35)96-48-13-9-33(21-42(48)69)59(85)58-67(93)76-57(62(88)70-14-5-15-78(3)4)40-26-37(81)27-46(84)52(40)39-20-31(7-10-44(39)82)54(64(90)77-58)74-66(56)92/h6-13,16,18-29,43,53-59,71,79-86H,5,14-15,17H2,1-4H3,(H,70,88)(H,72,89)(H,73,87)(H,74,92)(H,75,91)(H,76,93)(H,77,90)/t28?,29?,43-,53-,54-,55+,56-,57+,58+,59-/m1/s1. The fourth-order valence-corrected chi connectivity index (χ4v) is 12.0. The van der Waals surface area contributed by atoms with Crippen LogP contribution in [0, 0.1) is 0 Å². The molecule has 13 rings (SSSR count). The molecule has 7 amide bonds. The average molecular weight is 1360 g/mol. The quantitative estimate of drug-likeness (QED) is 0.0850. The molecule has 500 valence electrons. The number of phenolic OH excluding ortho intramolecular Hbond substituents is 6. The lowest BCUT2D eigenvalue weighted by atomic mass is 9.89. The first kappa shape index (κ1) is 66.9. The van der Waals surface area contributed by atoms with E-state index in [-0.39, 0.29) is 90.5 Å². The number of phenols is 6. The highest BCUT2D eigenvalue weighted by Crippen LogP contribution is 2.48. The molecule has 27 nitrogen and oxygen atoms in total. The van der Waals surface area contributed by atoms with E-state index in [1.165, 1.54) is 73.7 Å². The van der Waals surface area contributed by atoms with E-state index < -0.39 is 148 Å². The van der Waals surface area contributed by atoms with Crippen molar-refractivity contribution in [3.05, 3.63) is 164 Å². The summed E-state index contributed by atoms with van der Waals surface area (Å²) in [5.74, 6) is -13.5. The second-order valence-corrected chi connectivity index (χ2v) is 24.7. The number of halogens is 2. The Hall–Kier alpha value is -10.6. The summed E-state index contributed by atoms with van der Waals surface area (Å²) >= 11 is 13.9. The number of aromatic hydroxyl groups is 6. The van der Waals surface area contributed by atoms with Gasteiger partial charge in [-0.25, -0.2) is 0 Å². The highest BCUT2D eigenvalue weighted by atomic mass is 35.5. The third kappa shape index (κ3) is 14.1. The van der Waals surface area contributed by atoms with Gasteiger partial charge in [0, 0.05) is 42.3 Å². The van der Waals surface area contributed by atoms with E-state index in [4.69, 9.17) is 37.4 Å². The molecule has 0 spiro atoms. The minimum atomic E-state index is -2.17. The van der Waals surface area contributed by atoms with E-state index in [1.54, 1.807) is 6.92 Å². The molecule has 0 saturated carbocycles. The zero-order valence-corrected chi connectivity index (χ0v) is 52.9. The maximum atomic E-state index is 15.9. The molecule has 0 radical (unpaired) electrons. The van der Waals surface area contributed by atoms with Crippen LogP contribution < -0.4 is 56.7 Å². The van der Waals surface area contributed by atoms with Crippen LogP contribution in [0.25, 0.3) is 11.1 Å². The normalized spacial score (nSPS) is 21.6. The Morgan fingerprint density at radius 1 is 0.573 bits per heavy atom. The summed E-state index contributed by atoms with van der Waals surface area (Å²) in [6.07, 6.45) is -3.06. The van der Waals surface area contributed by atoms with E-state index in [2.05, 4.69) is 42.5 Å². The van der Waals surface area contributed by atoms with Crippen molar-refractivity contribution in [1.82, 2.24) is 47.4 Å². The topological polar surface area (TPSA) is 408 Å². The Labute approximate surface area is 556 Å². The average Bonchev–Trinajstić information content (AvgIpc) is 0.772. The van der Waals surface area contributed by atoms with Gasteiger partial charge in [-0.15, -0.1) is 0 Å². The van der Waals surface area contributed by atoms with Crippen LogP contribution in [0.4, 0.5) is 0 Å². The van der Waals surface area contributed by atoms with E-state index in [9.17, 15) is 50.4 Å². The number of carbonyl (C=O) groups is 7. The first-order valence-corrected chi connectivity index (χ1v) is 30.8.